The molecule has 0 aromatic carbocycles. The number of aryl methyl sites for hydroxylation is 1. The predicted octanol–water partition coefficient (Wildman–Crippen LogP) is 1.92. The number of amides is 1. The van der Waals surface area contributed by atoms with E-state index in [-0.39, 0.29) is 17.4 Å². The van der Waals surface area contributed by atoms with E-state index in [1.165, 1.54) is 5.56 Å². The van der Waals surface area contributed by atoms with Gasteiger partial charge in [0.15, 0.2) is 0 Å². The van der Waals surface area contributed by atoms with E-state index in [9.17, 15) is 4.79 Å². The molecule has 1 unspecified atom stereocenters. The highest BCUT2D eigenvalue weighted by molar-refractivity contribution is 5.76. The number of aromatic nitrogens is 1. The zero-order valence-electron chi connectivity index (χ0n) is 12.0. The molecule has 1 saturated heterocycles. The molecule has 1 atom stereocenters. The Morgan fingerprint density at radius 1 is 1.58 bits per heavy atom. The van der Waals surface area contributed by atoms with Crippen molar-refractivity contribution in [3.05, 3.63) is 24.0 Å². The second kappa shape index (κ2) is 5.78. The van der Waals surface area contributed by atoms with E-state index in [0.29, 0.717) is 13.0 Å². The van der Waals surface area contributed by atoms with Crippen molar-refractivity contribution in [2.24, 2.45) is 11.1 Å². The predicted molar refractivity (Wildman–Crippen MR) is 76.7 cm³/mol. The molecule has 1 aliphatic heterocycles. The molecule has 0 bridgehead atoms. The van der Waals surface area contributed by atoms with Crippen LogP contribution >= 0.6 is 0 Å². The number of nitrogens with one attached hydrogen (secondary N) is 1. The molecule has 3 N–H and O–H groups in total. The SMILES string of the molecule is CC1(C)CCN(C(=O)CCCc2cc[nH]c2)CC1N. The van der Waals surface area contributed by atoms with E-state index in [4.69, 9.17) is 5.73 Å². The first-order valence-electron chi connectivity index (χ1n) is 7.14. The summed E-state index contributed by atoms with van der Waals surface area (Å²) in [5, 5.41) is 0. The van der Waals surface area contributed by atoms with Gasteiger partial charge in [0, 0.05) is 37.9 Å². The van der Waals surface area contributed by atoms with Crippen molar-refractivity contribution < 1.29 is 4.79 Å². The molecule has 1 aromatic heterocycles. The van der Waals surface area contributed by atoms with Crippen LogP contribution in [0.4, 0.5) is 0 Å². The fraction of sp³-hybridized carbons (Fsp3) is 0.667. The second-order valence-electron chi connectivity index (χ2n) is 6.26. The number of nitrogens with two attached hydrogens (primary N) is 1. The van der Waals surface area contributed by atoms with Crippen molar-refractivity contribution in [3.63, 3.8) is 0 Å². The smallest absolute Gasteiger partial charge is 0.222 e. The Labute approximate surface area is 115 Å². The summed E-state index contributed by atoms with van der Waals surface area (Å²) in [5.41, 5.74) is 7.57. The lowest BCUT2D eigenvalue weighted by molar-refractivity contribution is -0.133. The summed E-state index contributed by atoms with van der Waals surface area (Å²) >= 11 is 0. The molecule has 0 aliphatic carbocycles. The standard InChI is InChI=1S/C15H25N3O/c1-15(2)7-9-18(11-13(15)16)14(19)5-3-4-12-6-8-17-10-12/h6,8,10,13,17H,3-5,7,9,11,16H2,1-2H3. The first kappa shape index (κ1) is 14.1. The van der Waals surface area contributed by atoms with Gasteiger partial charge in [0.2, 0.25) is 5.91 Å². The molecular formula is C15H25N3O. The van der Waals surface area contributed by atoms with Gasteiger partial charge in [-0.15, -0.1) is 0 Å². The molecule has 0 spiro atoms. The normalized spacial score (nSPS) is 22.5. The fourth-order valence-corrected chi connectivity index (χ4v) is 2.53. The summed E-state index contributed by atoms with van der Waals surface area (Å²) in [6.45, 7) is 5.93. The Hall–Kier alpha value is -1.29. The highest BCUT2D eigenvalue weighted by Crippen LogP contribution is 2.29. The number of piperidine rings is 1. The van der Waals surface area contributed by atoms with Crippen LogP contribution in [-0.2, 0) is 11.2 Å². The van der Waals surface area contributed by atoms with E-state index in [0.717, 1.165) is 25.8 Å². The van der Waals surface area contributed by atoms with Gasteiger partial charge in [-0.25, -0.2) is 0 Å². The molecule has 4 nitrogen and oxygen atoms in total. The quantitative estimate of drug-likeness (QED) is 0.872. The molecule has 1 fully saturated rings. The molecule has 2 rings (SSSR count). The van der Waals surface area contributed by atoms with Crippen LogP contribution in [0.25, 0.3) is 0 Å². The van der Waals surface area contributed by atoms with E-state index in [1.54, 1.807) is 0 Å². The molecule has 1 aliphatic rings. The third-order valence-electron chi connectivity index (χ3n) is 4.32. The summed E-state index contributed by atoms with van der Waals surface area (Å²) < 4.78 is 0. The van der Waals surface area contributed by atoms with Crippen LogP contribution in [0.1, 0.15) is 38.7 Å². The second-order valence-corrected chi connectivity index (χ2v) is 6.26. The number of hydrogen-bond donors (Lipinski definition) is 2. The van der Waals surface area contributed by atoms with Crippen molar-refractivity contribution in [2.75, 3.05) is 13.1 Å². The fourth-order valence-electron chi connectivity index (χ4n) is 2.53. The van der Waals surface area contributed by atoms with Crippen LogP contribution in [0.15, 0.2) is 18.5 Å². The lowest BCUT2D eigenvalue weighted by Gasteiger charge is -2.42. The van der Waals surface area contributed by atoms with Gasteiger partial charge in [0.1, 0.15) is 0 Å². The Kier molecular flexibility index (Phi) is 4.30. The highest BCUT2D eigenvalue weighted by atomic mass is 16.2. The first-order chi connectivity index (χ1) is 8.99. The van der Waals surface area contributed by atoms with Crippen LogP contribution < -0.4 is 5.73 Å². The molecule has 0 radical (unpaired) electrons. The van der Waals surface area contributed by atoms with E-state index >= 15 is 0 Å². The van der Waals surface area contributed by atoms with Crippen LogP contribution in [0, 0.1) is 5.41 Å². The van der Waals surface area contributed by atoms with Crippen LogP contribution in [0.5, 0.6) is 0 Å². The maximum atomic E-state index is 12.1. The average molecular weight is 263 g/mol. The zero-order valence-corrected chi connectivity index (χ0v) is 12.0. The van der Waals surface area contributed by atoms with Crippen molar-refractivity contribution in [1.29, 1.82) is 0 Å². The first-order valence-corrected chi connectivity index (χ1v) is 7.14. The van der Waals surface area contributed by atoms with Crippen LogP contribution in [-0.4, -0.2) is 34.9 Å². The minimum Gasteiger partial charge on any atom is -0.367 e. The molecule has 4 heteroatoms. The van der Waals surface area contributed by atoms with Gasteiger partial charge in [-0.3, -0.25) is 4.79 Å². The molecule has 1 amide bonds. The monoisotopic (exact) mass is 263 g/mol. The minimum atomic E-state index is 0.0925. The van der Waals surface area contributed by atoms with Crippen molar-refractivity contribution in [2.45, 2.75) is 45.6 Å². The number of likely N-dealkylation sites (tertiary alicyclic amines) is 1. The Morgan fingerprint density at radius 3 is 3.00 bits per heavy atom. The number of carbonyl (C=O) groups excluding carboxylic acids is 1. The van der Waals surface area contributed by atoms with E-state index in [1.807, 2.05) is 17.3 Å². The Morgan fingerprint density at radius 2 is 2.37 bits per heavy atom. The topological polar surface area (TPSA) is 62.1 Å². The summed E-state index contributed by atoms with van der Waals surface area (Å²) in [6, 6.07) is 2.15. The van der Waals surface area contributed by atoms with Crippen molar-refractivity contribution in [3.8, 4) is 0 Å². The third kappa shape index (κ3) is 3.60. The number of rotatable bonds is 4. The van der Waals surface area contributed by atoms with Gasteiger partial charge in [0.05, 0.1) is 0 Å². The molecular weight excluding hydrogens is 238 g/mol. The number of H-pyrrole nitrogens is 1. The zero-order chi connectivity index (χ0) is 13.9. The molecule has 106 valence electrons. The maximum absolute atomic E-state index is 12.1. The van der Waals surface area contributed by atoms with E-state index in [2.05, 4.69) is 24.9 Å². The van der Waals surface area contributed by atoms with Crippen LogP contribution in [0.2, 0.25) is 0 Å². The molecule has 1 aromatic rings. The van der Waals surface area contributed by atoms with Gasteiger partial charge in [-0.2, -0.15) is 0 Å². The van der Waals surface area contributed by atoms with Crippen LogP contribution in [0.3, 0.4) is 0 Å². The van der Waals surface area contributed by atoms with Gasteiger partial charge in [-0.05, 0) is 36.3 Å². The minimum absolute atomic E-state index is 0.0925. The number of nitrogens with zero attached hydrogens (tertiary/aromatic N) is 1. The largest absolute Gasteiger partial charge is 0.367 e. The number of carbonyl (C=O) groups is 1. The Bertz CT molecular complexity index is 411. The molecule has 2 heterocycles. The maximum Gasteiger partial charge on any atom is 0.222 e. The highest BCUT2D eigenvalue weighted by Gasteiger charge is 2.34. The lowest BCUT2D eigenvalue weighted by Crippen LogP contribution is -2.54. The van der Waals surface area contributed by atoms with E-state index < -0.39 is 0 Å². The average Bonchev–Trinajstić information content (AvgIpc) is 2.85. The number of aromatic amines is 1. The van der Waals surface area contributed by atoms with Crippen molar-refractivity contribution in [1.82, 2.24) is 9.88 Å². The Balaban J connectivity index is 1.75. The van der Waals surface area contributed by atoms with Gasteiger partial charge in [0.25, 0.3) is 0 Å². The summed E-state index contributed by atoms with van der Waals surface area (Å²) in [7, 11) is 0. The van der Waals surface area contributed by atoms with Gasteiger partial charge >= 0.3 is 0 Å². The number of hydrogen-bond acceptors (Lipinski definition) is 2. The lowest BCUT2D eigenvalue weighted by atomic mass is 9.78. The van der Waals surface area contributed by atoms with Gasteiger partial charge < -0.3 is 15.6 Å². The van der Waals surface area contributed by atoms with Crippen molar-refractivity contribution >= 4 is 5.91 Å². The third-order valence-corrected chi connectivity index (χ3v) is 4.32. The van der Waals surface area contributed by atoms with Gasteiger partial charge in [-0.1, -0.05) is 13.8 Å². The summed E-state index contributed by atoms with van der Waals surface area (Å²) in [5.74, 6) is 0.251. The summed E-state index contributed by atoms with van der Waals surface area (Å²) in [6.07, 6.45) is 7.40. The molecule has 0 saturated carbocycles. The molecule has 19 heavy (non-hydrogen) atoms. The summed E-state index contributed by atoms with van der Waals surface area (Å²) in [4.78, 5) is 17.1.